The lowest BCUT2D eigenvalue weighted by atomic mass is 10.3. The molecule has 0 amide bonds. The molecule has 0 aromatic heterocycles. The molecule has 0 aliphatic heterocycles. The van der Waals surface area contributed by atoms with Gasteiger partial charge in [-0.15, -0.1) is 0 Å². The molecule has 0 fully saturated rings. The largest absolute Gasteiger partial charge is 0.487 e. The van der Waals surface area contributed by atoms with E-state index in [1.54, 1.807) is 12.1 Å². The maximum absolute atomic E-state index is 10.8. The Kier molecular flexibility index (Phi) is 5.93. The summed E-state index contributed by atoms with van der Waals surface area (Å²) in [6, 6.07) is 4.78. The van der Waals surface area contributed by atoms with Crippen LogP contribution in [0.1, 0.15) is 13.3 Å². The monoisotopic (exact) mass is 302 g/mol. The van der Waals surface area contributed by atoms with Gasteiger partial charge < -0.3 is 10.1 Å². The zero-order valence-corrected chi connectivity index (χ0v) is 11.2. The van der Waals surface area contributed by atoms with Crippen LogP contribution in [0.25, 0.3) is 0 Å². The highest BCUT2D eigenvalue weighted by atomic mass is 79.9. The Labute approximate surface area is 108 Å². The average Bonchev–Trinajstić information content (AvgIpc) is 2.30. The number of benzene rings is 1. The van der Waals surface area contributed by atoms with Crippen molar-refractivity contribution in [3.63, 3.8) is 0 Å². The van der Waals surface area contributed by atoms with Gasteiger partial charge in [0, 0.05) is 10.5 Å². The topological polar surface area (TPSA) is 64.4 Å². The van der Waals surface area contributed by atoms with Gasteiger partial charge in [0.2, 0.25) is 0 Å². The smallest absolute Gasteiger partial charge is 0.312 e. The van der Waals surface area contributed by atoms with Gasteiger partial charge in [-0.1, -0.05) is 22.9 Å². The van der Waals surface area contributed by atoms with Gasteiger partial charge in [-0.25, -0.2) is 0 Å². The van der Waals surface area contributed by atoms with Gasteiger partial charge in [0.1, 0.15) is 0 Å². The van der Waals surface area contributed by atoms with Crippen molar-refractivity contribution in [3.8, 4) is 5.75 Å². The molecule has 0 bridgehead atoms. The first-order valence-electron chi connectivity index (χ1n) is 5.42. The first-order chi connectivity index (χ1) is 8.15. The van der Waals surface area contributed by atoms with Crippen molar-refractivity contribution < 1.29 is 9.66 Å². The molecule has 0 heterocycles. The summed E-state index contributed by atoms with van der Waals surface area (Å²) in [6.07, 6.45) is 0.820. The summed E-state index contributed by atoms with van der Waals surface area (Å²) in [5, 5.41) is 14.0. The van der Waals surface area contributed by atoms with Crippen LogP contribution in [0.3, 0.4) is 0 Å². The van der Waals surface area contributed by atoms with Crippen LogP contribution >= 0.6 is 15.9 Å². The maximum atomic E-state index is 10.8. The molecule has 6 heteroatoms. The average molecular weight is 303 g/mol. The van der Waals surface area contributed by atoms with Crippen LogP contribution in [0.5, 0.6) is 5.75 Å². The fourth-order valence-corrected chi connectivity index (χ4v) is 1.66. The van der Waals surface area contributed by atoms with E-state index in [2.05, 4.69) is 21.2 Å². The summed E-state index contributed by atoms with van der Waals surface area (Å²) in [5.41, 5.74) is -0.0113. The van der Waals surface area contributed by atoms with E-state index in [9.17, 15) is 10.1 Å². The van der Waals surface area contributed by atoms with Crippen LogP contribution in [0.15, 0.2) is 22.7 Å². The summed E-state index contributed by atoms with van der Waals surface area (Å²) in [6.45, 7) is 4.26. The molecule has 0 radical (unpaired) electrons. The van der Waals surface area contributed by atoms with Gasteiger partial charge in [-0.3, -0.25) is 10.1 Å². The highest BCUT2D eigenvalue weighted by Crippen LogP contribution is 2.29. The van der Waals surface area contributed by atoms with E-state index in [-0.39, 0.29) is 5.69 Å². The molecule has 1 aromatic carbocycles. The molecule has 0 aliphatic carbocycles. The van der Waals surface area contributed by atoms with Crippen LogP contribution in [0.4, 0.5) is 5.69 Å². The third-order valence-electron chi connectivity index (χ3n) is 2.12. The molecule has 0 unspecified atom stereocenters. The third-order valence-corrected chi connectivity index (χ3v) is 2.62. The lowest BCUT2D eigenvalue weighted by Crippen LogP contribution is -2.16. The molecule has 5 nitrogen and oxygen atoms in total. The molecular formula is C11H15BrN2O3. The lowest BCUT2D eigenvalue weighted by molar-refractivity contribution is -0.385. The van der Waals surface area contributed by atoms with Crippen molar-refractivity contribution in [1.82, 2.24) is 5.32 Å². The van der Waals surface area contributed by atoms with Crippen LogP contribution in [0.2, 0.25) is 0 Å². The SMILES string of the molecule is CCNCCCOc1ccc(Br)cc1[N+](=O)[O-]. The summed E-state index contributed by atoms with van der Waals surface area (Å²) in [5.74, 6) is 0.315. The Balaban J connectivity index is 2.55. The van der Waals surface area contributed by atoms with Gasteiger partial charge in [0.05, 0.1) is 11.5 Å². The fraction of sp³-hybridized carbons (Fsp3) is 0.455. The van der Waals surface area contributed by atoms with Crippen LogP contribution in [-0.2, 0) is 0 Å². The number of hydrogen-bond donors (Lipinski definition) is 1. The number of rotatable bonds is 7. The van der Waals surface area contributed by atoms with Crippen LogP contribution < -0.4 is 10.1 Å². The molecule has 0 saturated carbocycles. The summed E-state index contributed by atoms with van der Waals surface area (Å²) < 4.78 is 6.07. The minimum absolute atomic E-state index is 0.0113. The van der Waals surface area contributed by atoms with Crippen molar-refractivity contribution in [2.45, 2.75) is 13.3 Å². The van der Waals surface area contributed by atoms with Gasteiger partial charge >= 0.3 is 5.69 Å². The van der Waals surface area contributed by atoms with Gasteiger partial charge in [0.15, 0.2) is 5.75 Å². The fourth-order valence-electron chi connectivity index (χ4n) is 1.31. The Morgan fingerprint density at radius 3 is 2.94 bits per heavy atom. The number of ether oxygens (including phenoxy) is 1. The molecule has 17 heavy (non-hydrogen) atoms. The van der Waals surface area contributed by atoms with Gasteiger partial charge in [-0.05, 0) is 31.6 Å². The molecule has 1 N–H and O–H groups in total. The van der Waals surface area contributed by atoms with E-state index in [0.717, 1.165) is 19.5 Å². The first kappa shape index (κ1) is 13.9. The minimum atomic E-state index is -0.440. The highest BCUT2D eigenvalue weighted by Gasteiger charge is 2.15. The Morgan fingerprint density at radius 2 is 2.29 bits per heavy atom. The van der Waals surface area contributed by atoms with E-state index < -0.39 is 4.92 Å². The quantitative estimate of drug-likeness (QED) is 0.478. The first-order valence-corrected chi connectivity index (χ1v) is 6.22. The molecule has 0 saturated heterocycles. The molecule has 0 spiro atoms. The van der Waals surface area contributed by atoms with E-state index in [1.807, 2.05) is 6.92 Å². The summed E-state index contributed by atoms with van der Waals surface area (Å²) in [7, 11) is 0. The number of nitrogens with one attached hydrogen (secondary N) is 1. The Hall–Kier alpha value is -1.14. The van der Waals surface area contributed by atoms with Gasteiger partial charge in [0.25, 0.3) is 0 Å². The van der Waals surface area contributed by atoms with E-state index in [4.69, 9.17) is 4.74 Å². The van der Waals surface area contributed by atoms with Crippen molar-refractivity contribution in [3.05, 3.63) is 32.8 Å². The zero-order chi connectivity index (χ0) is 12.7. The van der Waals surface area contributed by atoms with E-state index in [1.165, 1.54) is 6.07 Å². The highest BCUT2D eigenvalue weighted by molar-refractivity contribution is 9.10. The molecule has 0 atom stereocenters. The number of hydrogen-bond acceptors (Lipinski definition) is 4. The Morgan fingerprint density at radius 1 is 1.53 bits per heavy atom. The molecule has 1 aromatic rings. The van der Waals surface area contributed by atoms with Crippen LogP contribution in [0, 0.1) is 10.1 Å². The second kappa shape index (κ2) is 7.24. The molecule has 94 valence electrons. The maximum Gasteiger partial charge on any atom is 0.312 e. The van der Waals surface area contributed by atoms with Crippen molar-refractivity contribution in [2.75, 3.05) is 19.7 Å². The van der Waals surface area contributed by atoms with E-state index in [0.29, 0.717) is 16.8 Å². The normalized spacial score (nSPS) is 10.2. The lowest BCUT2D eigenvalue weighted by Gasteiger charge is -2.07. The zero-order valence-electron chi connectivity index (χ0n) is 9.61. The number of nitro benzene ring substituents is 1. The standard InChI is InChI=1S/C11H15BrN2O3/c1-2-13-6-3-7-17-11-5-4-9(12)8-10(11)14(15)16/h4-5,8,13H,2-3,6-7H2,1H3. The van der Waals surface area contributed by atoms with Crippen molar-refractivity contribution in [1.29, 1.82) is 0 Å². The molecule has 1 rings (SSSR count). The number of halogens is 1. The molecular weight excluding hydrogens is 288 g/mol. The van der Waals surface area contributed by atoms with Gasteiger partial charge in [-0.2, -0.15) is 0 Å². The molecule has 0 aliphatic rings. The number of nitrogens with zero attached hydrogens (tertiary/aromatic N) is 1. The summed E-state index contributed by atoms with van der Waals surface area (Å²) in [4.78, 5) is 10.4. The third kappa shape index (κ3) is 4.70. The van der Waals surface area contributed by atoms with E-state index >= 15 is 0 Å². The Bertz CT molecular complexity index is 385. The van der Waals surface area contributed by atoms with Crippen molar-refractivity contribution in [2.24, 2.45) is 0 Å². The number of nitro groups is 1. The van der Waals surface area contributed by atoms with Crippen molar-refractivity contribution >= 4 is 21.6 Å². The minimum Gasteiger partial charge on any atom is -0.487 e. The second-order valence-corrected chi connectivity index (χ2v) is 4.34. The second-order valence-electron chi connectivity index (χ2n) is 3.42. The summed E-state index contributed by atoms with van der Waals surface area (Å²) >= 11 is 3.20. The van der Waals surface area contributed by atoms with Crippen LogP contribution in [-0.4, -0.2) is 24.6 Å². The predicted molar refractivity (Wildman–Crippen MR) is 69.5 cm³/mol. The predicted octanol–water partition coefficient (Wildman–Crippen LogP) is 2.74.